The quantitative estimate of drug-likeness (QED) is 0.640. The van der Waals surface area contributed by atoms with Crippen molar-refractivity contribution in [2.24, 2.45) is 7.05 Å². The van der Waals surface area contributed by atoms with Crippen LogP contribution in [0.5, 0.6) is 5.75 Å². The first kappa shape index (κ1) is 18.7. The van der Waals surface area contributed by atoms with Gasteiger partial charge < -0.3 is 9.30 Å². The molecule has 6 nitrogen and oxygen atoms in total. The van der Waals surface area contributed by atoms with E-state index in [9.17, 15) is 8.42 Å². The number of hydrogen-bond acceptors (Lipinski definition) is 5. The molecule has 0 fully saturated rings. The zero-order chi connectivity index (χ0) is 20.0. The molecular weight excluding hydrogens is 406 g/mol. The second-order valence-electron chi connectivity index (χ2n) is 7.31. The average molecular weight is 428 g/mol. The molecule has 0 bridgehead atoms. The van der Waals surface area contributed by atoms with Crippen molar-refractivity contribution in [2.75, 3.05) is 13.2 Å². The lowest BCUT2D eigenvalue weighted by Crippen LogP contribution is -2.36. The minimum absolute atomic E-state index is 0.354. The summed E-state index contributed by atoms with van der Waals surface area (Å²) < 4.78 is 35.4. The summed E-state index contributed by atoms with van der Waals surface area (Å²) >= 11 is 1.62. The minimum Gasteiger partial charge on any atom is -0.493 e. The number of ether oxygens (including phenoxy) is 1. The van der Waals surface area contributed by atoms with E-state index in [-0.39, 0.29) is 0 Å². The Hall–Kier alpha value is -2.29. The second kappa shape index (κ2) is 7.19. The van der Waals surface area contributed by atoms with Crippen LogP contribution in [-0.2, 0) is 36.5 Å². The number of nitrogens with zero attached hydrogens (tertiary/aromatic N) is 3. The molecule has 0 amide bonds. The topological polar surface area (TPSA) is 64.4 Å². The van der Waals surface area contributed by atoms with Gasteiger partial charge in [0.2, 0.25) is 10.0 Å². The maximum absolute atomic E-state index is 13.2. The Morgan fingerprint density at radius 1 is 1.07 bits per heavy atom. The Labute approximate surface area is 174 Å². The Kier molecular flexibility index (Phi) is 4.64. The number of benzene rings is 2. The summed E-state index contributed by atoms with van der Waals surface area (Å²) in [6.07, 6.45) is 5.18. The van der Waals surface area contributed by atoms with Crippen molar-refractivity contribution in [2.45, 2.75) is 34.3 Å². The molecule has 0 radical (unpaired) electrons. The smallest absolute Gasteiger partial charge is 0.243 e. The lowest BCUT2D eigenvalue weighted by Gasteiger charge is -2.28. The molecule has 0 saturated heterocycles. The number of aryl methyl sites for hydroxylation is 1. The van der Waals surface area contributed by atoms with Gasteiger partial charge in [-0.1, -0.05) is 17.8 Å². The molecule has 0 N–H and O–H groups in total. The molecule has 0 saturated carbocycles. The fraction of sp³-hybridized carbons (Fsp3) is 0.286. The van der Waals surface area contributed by atoms with Gasteiger partial charge in [0, 0.05) is 43.8 Å². The summed E-state index contributed by atoms with van der Waals surface area (Å²) in [5.41, 5.74) is 3.24. The Morgan fingerprint density at radius 3 is 2.79 bits per heavy atom. The van der Waals surface area contributed by atoms with E-state index >= 15 is 0 Å². The normalized spacial score (nSPS) is 16.3. The van der Waals surface area contributed by atoms with Crippen molar-refractivity contribution in [3.63, 3.8) is 0 Å². The number of hydrogen-bond donors (Lipinski definition) is 0. The molecule has 3 aromatic rings. The van der Waals surface area contributed by atoms with Gasteiger partial charge in [-0.3, -0.25) is 0 Å². The van der Waals surface area contributed by atoms with Crippen LogP contribution >= 0.6 is 11.8 Å². The molecule has 2 aliphatic heterocycles. The Balaban J connectivity index is 1.37. The van der Waals surface area contributed by atoms with E-state index in [1.165, 1.54) is 5.56 Å². The number of sulfonamides is 1. The van der Waals surface area contributed by atoms with Crippen LogP contribution in [0, 0.1) is 0 Å². The van der Waals surface area contributed by atoms with Gasteiger partial charge in [-0.05, 0) is 53.4 Å². The molecule has 150 valence electrons. The van der Waals surface area contributed by atoms with Crippen molar-refractivity contribution in [3.8, 4) is 5.75 Å². The molecule has 3 heterocycles. The van der Waals surface area contributed by atoms with Gasteiger partial charge >= 0.3 is 0 Å². The van der Waals surface area contributed by atoms with Gasteiger partial charge in [0.25, 0.3) is 0 Å². The first-order chi connectivity index (χ1) is 14.0. The lowest BCUT2D eigenvalue weighted by atomic mass is 10.0. The Morgan fingerprint density at radius 2 is 1.97 bits per heavy atom. The first-order valence-electron chi connectivity index (χ1n) is 9.53. The molecule has 29 heavy (non-hydrogen) atoms. The monoisotopic (exact) mass is 427 g/mol. The average Bonchev–Trinajstić information content (AvgIpc) is 3.36. The van der Waals surface area contributed by atoms with Crippen molar-refractivity contribution in [1.29, 1.82) is 0 Å². The highest BCUT2D eigenvalue weighted by Gasteiger charge is 2.29. The van der Waals surface area contributed by atoms with E-state index in [0.29, 0.717) is 31.0 Å². The highest BCUT2D eigenvalue weighted by Crippen LogP contribution is 2.33. The van der Waals surface area contributed by atoms with Crippen molar-refractivity contribution in [1.82, 2.24) is 13.9 Å². The molecule has 0 aliphatic carbocycles. The summed E-state index contributed by atoms with van der Waals surface area (Å²) in [6, 6.07) is 11.4. The number of aromatic nitrogens is 2. The van der Waals surface area contributed by atoms with E-state index in [4.69, 9.17) is 4.74 Å². The maximum Gasteiger partial charge on any atom is 0.243 e. The van der Waals surface area contributed by atoms with Gasteiger partial charge in [0.15, 0.2) is 5.16 Å². The van der Waals surface area contributed by atoms with Crippen LogP contribution in [0.15, 0.2) is 63.7 Å². The Bertz CT molecular complexity index is 1190. The highest BCUT2D eigenvalue weighted by molar-refractivity contribution is 7.99. The standard InChI is InChI=1S/C21H21N3O3S2/c1-23-10-8-22-21(23)28-18-3-2-17-14-24(9-6-15(17)12-18)29(25,26)19-4-5-20-16(13-19)7-11-27-20/h2-5,8,10,12-13H,6-7,9,11,14H2,1H3. The van der Waals surface area contributed by atoms with Gasteiger partial charge in [0.1, 0.15) is 5.75 Å². The van der Waals surface area contributed by atoms with E-state index < -0.39 is 10.0 Å². The zero-order valence-electron chi connectivity index (χ0n) is 16.0. The van der Waals surface area contributed by atoms with Crippen LogP contribution in [0.1, 0.15) is 16.7 Å². The summed E-state index contributed by atoms with van der Waals surface area (Å²) in [6.45, 7) is 1.51. The van der Waals surface area contributed by atoms with Crippen molar-refractivity contribution < 1.29 is 13.2 Å². The number of imidazole rings is 1. The third-order valence-electron chi connectivity index (χ3n) is 5.44. The van der Waals surface area contributed by atoms with Crippen LogP contribution < -0.4 is 4.74 Å². The summed E-state index contributed by atoms with van der Waals surface area (Å²) in [7, 11) is -1.55. The van der Waals surface area contributed by atoms with Gasteiger partial charge in [0.05, 0.1) is 11.5 Å². The largest absolute Gasteiger partial charge is 0.493 e. The first-order valence-corrected chi connectivity index (χ1v) is 11.8. The lowest BCUT2D eigenvalue weighted by molar-refractivity contribution is 0.356. The van der Waals surface area contributed by atoms with Gasteiger partial charge in [-0.2, -0.15) is 4.31 Å². The van der Waals surface area contributed by atoms with E-state index in [1.54, 1.807) is 40.5 Å². The maximum atomic E-state index is 13.2. The molecule has 0 atom stereocenters. The predicted octanol–water partition coefficient (Wildman–Crippen LogP) is 3.25. The van der Waals surface area contributed by atoms with Gasteiger partial charge in [-0.15, -0.1) is 0 Å². The fourth-order valence-corrected chi connectivity index (χ4v) is 6.14. The van der Waals surface area contributed by atoms with Crippen LogP contribution in [0.25, 0.3) is 0 Å². The molecule has 8 heteroatoms. The summed E-state index contributed by atoms with van der Waals surface area (Å²) in [4.78, 5) is 5.83. The van der Waals surface area contributed by atoms with Gasteiger partial charge in [-0.25, -0.2) is 13.4 Å². The summed E-state index contributed by atoms with van der Waals surface area (Å²) in [5, 5.41) is 0.936. The van der Waals surface area contributed by atoms with Crippen LogP contribution in [0.2, 0.25) is 0 Å². The highest BCUT2D eigenvalue weighted by atomic mass is 32.2. The third-order valence-corrected chi connectivity index (χ3v) is 8.35. The van der Waals surface area contributed by atoms with Crippen LogP contribution in [0.4, 0.5) is 0 Å². The van der Waals surface area contributed by atoms with E-state index in [2.05, 4.69) is 11.1 Å². The molecule has 2 aliphatic rings. The summed E-state index contributed by atoms with van der Waals surface area (Å²) in [5.74, 6) is 0.797. The van der Waals surface area contributed by atoms with Crippen molar-refractivity contribution in [3.05, 3.63) is 65.5 Å². The van der Waals surface area contributed by atoms with Crippen molar-refractivity contribution >= 4 is 21.8 Å². The molecule has 0 unspecified atom stereocenters. The molecule has 1 aromatic heterocycles. The third kappa shape index (κ3) is 3.45. The van der Waals surface area contributed by atoms with Crippen LogP contribution in [0.3, 0.4) is 0 Å². The van der Waals surface area contributed by atoms with E-state index in [1.807, 2.05) is 29.9 Å². The molecule has 2 aromatic carbocycles. The minimum atomic E-state index is -3.52. The molecule has 0 spiro atoms. The SMILES string of the molecule is Cn1ccnc1Sc1ccc2c(c1)CCN(S(=O)(=O)c1ccc3c(c1)CCO3)C2. The van der Waals surface area contributed by atoms with E-state index in [0.717, 1.165) is 33.3 Å². The van der Waals surface area contributed by atoms with Crippen LogP contribution in [-0.4, -0.2) is 35.4 Å². The number of rotatable bonds is 4. The molecular formula is C21H21N3O3S2. The second-order valence-corrected chi connectivity index (χ2v) is 10.3. The zero-order valence-corrected chi connectivity index (χ0v) is 17.7. The number of fused-ring (bicyclic) bond motifs is 2. The predicted molar refractivity (Wildman–Crippen MR) is 111 cm³/mol. The molecule has 5 rings (SSSR count). The fourth-order valence-electron chi connectivity index (χ4n) is 3.80.